The van der Waals surface area contributed by atoms with Crippen LogP contribution in [0.15, 0.2) is 24.3 Å². The number of hydrogen-bond acceptors (Lipinski definition) is 2. The lowest BCUT2D eigenvalue weighted by Gasteiger charge is -2.28. The summed E-state index contributed by atoms with van der Waals surface area (Å²) in [4.78, 5) is 12.0. The molecule has 0 radical (unpaired) electrons. The average Bonchev–Trinajstić information content (AvgIpc) is 2.39. The molecule has 1 fully saturated rings. The number of carbonyl (C=O) groups excluding carboxylic acids is 1. The third-order valence-electron chi connectivity index (χ3n) is 3.98. The van der Waals surface area contributed by atoms with Gasteiger partial charge in [-0.2, -0.15) is 0 Å². The fourth-order valence-corrected chi connectivity index (χ4v) is 2.84. The molecule has 0 spiro atoms. The highest BCUT2D eigenvalue weighted by molar-refractivity contribution is 5.81. The predicted octanol–water partition coefficient (Wildman–Crippen LogP) is 2.96. The van der Waals surface area contributed by atoms with E-state index in [-0.39, 0.29) is 11.6 Å². The largest absolute Gasteiger partial charge is 0.316 e. The van der Waals surface area contributed by atoms with Gasteiger partial charge in [-0.05, 0) is 55.5 Å². The lowest BCUT2D eigenvalue weighted by atomic mass is 9.84. The predicted molar refractivity (Wildman–Crippen MR) is 74.5 cm³/mol. The Morgan fingerprint density at radius 2 is 2.37 bits per heavy atom. The van der Waals surface area contributed by atoms with Crippen LogP contribution in [-0.4, -0.2) is 18.9 Å². The standard InChI is InChI=1S/C16H22FNO/c1-12(14-5-3-7-18-11-14)8-16(19)10-13-4-2-6-15(17)9-13/h2,4,6,9,12,14,18H,3,5,7-8,10-11H2,1H3. The van der Waals surface area contributed by atoms with Crippen molar-refractivity contribution in [1.29, 1.82) is 0 Å². The van der Waals surface area contributed by atoms with Gasteiger partial charge in [-0.3, -0.25) is 4.79 Å². The van der Waals surface area contributed by atoms with Gasteiger partial charge in [0, 0.05) is 12.8 Å². The van der Waals surface area contributed by atoms with Crippen LogP contribution >= 0.6 is 0 Å². The van der Waals surface area contributed by atoms with Crippen LogP contribution in [0.1, 0.15) is 31.7 Å². The van der Waals surface area contributed by atoms with Gasteiger partial charge in [0.2, 0.25) is 0 Å². The third kappa shape index (κ3) is 4.43. The topological polar surface area (TPSA) is 29.1 Å². The van der Waals surface area contributed by atoms with Crippen molar-refractivity contribution in [2.24, 2.45) is 11.8 Å². The molecule has 104 valence electrons. The normalized spacial score (nSPS) is 21.1. The summed E-state index contributed by atoms with van der Waals surface area (Å²) < 4.78 is 13.1. The molecule has 2 nitrogen and oxygen atoms in total. The van der Waals surface area contributed by atoms with E-state index in [2.05, 4.69) is 12.2 Å². The highest BCUT2D eigenvalue weighted by Gasteiger charge is 2.21. The molecule has 0 amide bonds. The van der Waals surface area contributed by atoms with E-state index in [1.54, 1.807) is 6.07 Å². The van der Waals surface area contributed by atoms with Crippen molar-refractivity contribution in [3.05, 3.63) is 35.6 Å². The van der Waals surface area contributed by atoms with E-state index < -0.39 is 0 Å². The van der Waals surface area contributed by atoms with Gasteiger partial charge >= 0.3 is 0 Å². The number of piperidine rings is 1. The van der Waals surface area contributed by atoms with Gasteiger partial charge < -0.3 is 5.32 Å². The summed E-state index contributed by atoms with van der Waals surface area (Å²) in [6.45, 7) is 4.27. The van der Waals surface area contributed by atoms with E-state index in [4.69, 9.17) is 0 Å². The minimum absolute atomic E-state index is 0.212. The zero-order valence-corrected chi connectivity index (χ0v) is 11.5. The minimum Gasteiger partial charge on any atom is -0.316 e. The van der Waals surface area contributed by atoms with Gasteiger partial charge in [0.1, 0.15) is 11.6 Å². The molecule has 19 heavy (non-hydrogen) atoms. The number of Topliss-reactive ketones (excluding diaryl/α,β-unsaturated/α-hetero) is 1. The van der Waals surface area contributed by atoms with E-state index in [0.717, 1.165) is 18.7 Å². The van der Waals surface area contributed by atoms with Gasteiger partial charge in [0.15, 0.2) is 0 Å². The first-order valence-corrected chi connectivity index (χ1v) is 7.12. The summed E-state index contributed by atoms with van der Waals surface area (Å²) in [6.07, 6.45) is 3.36. The number of benzene rings is 1. The molecule has 0 saturated carbocycles. The van der Waals surface area contributed by atoms with Gasteiger partial charge in [0.05, 0.1) is 0 Å². The number of carbonyl (C=O) groups is 1. The van der Waals surface area contributed by atoms with Crippen molar-refractivity contribution in [3.63, 3.8) is 0 Å². The maximum absolute atomic E-state index is 13.1. The summed E-state index contributed by atoms with van der Waals surface area (Å²) in [5.74, 6) is 0.956. The lowest BCUT2D eigenvalue weighted by molar-refractivity contribution is -0.119. The quantitative estimate of drug-likeness (QED) is 0.885. The van der Waals surface area contributed by atoms with Crippen molar-refractivity contribution in [1.82, 2.24) is 5.32 Å². The zero-order valence-electron chi connectivity index (χ0n) is 11.5. The first-order chi connectivity index (χ1) is 9.15. The van der Waals surface area contributed by atoms with Crippen LogP contribution < -0.4 is 5.32 Å². The smallest absolute Gasteiger partial charge is 0.137 e. The Morgan fingerprint density at radius 1 is 1.53 bits per heavy atom. The number of hydrogen-bond donors (Lipinski definition) is 1. The number of rotatable bonds is 5. The van der Waals surface area contributed by atoms with Crippen LogP contribution in [0.5, 0.6) is 0 Å². The second-order valence-electron chi connectivity index (χ2n) is 5.63. The monoisotopic (exact) mass is 263 g/mol. The Morgan fingerprint density at radius 3 is 3.05 bits per heavy atom. The maximum atomic E-state index is 13.1. The van der Waals surface area contributed by atoms with Crippen LogP contribution in [0.2, 0.25) is 0 Å². The van der Waals surface area contributed by atoms with Crippen molar-refractivity contribution >= 4 is 5.78 Å². The minimum atomic E-state index is -0.269. The van der Waals surface area contributed by atoms with Crippen molar-refractivity contribution in [3.8, 4) is 0 Å². The lowest BCUT2D eigenvalue weighted by Crippen LogP contribution is -2.34. The van der Waals surface area contributed by atoms with E-state index >= 15 is 0 Å². The Bertz CT molecular complexity index is 427. The zero-order chi connectivity index (χ0) is 13.7. The van der Waals surface area contributed by atoms with Crippen LogP contribution in [0, 0.1) is 17.7 Å². The number of nitrogens with one attached hydrogen (secondary N) is 1. The number of halogens is 1. The average molecular weight is 263 g/mol. The molecular weight excluding hydrogens is 241 g/mol. The highest BCUT2D eigenvalue weighted by atomic mass is 19.1. The molecule has 3 heteroatoms. The summed E-state index contributed by atoms with van der Waals surface area (Å²) in [5.41, 5.74) is 0.777. The molecule has 1 heterocycles. The Balaban J connectivity index is 1.83. The molecular formula is C16H22FNO. The van der Waals surface area contributed by atoms with E-state index in [0.29, 0.717) is 24.7 Å². The van der Waals surface area contributed by atoms with E-state index in [1.807, 2.05) is 6.07 Å². The molecule has 2 rings (SSSR count). The summed E-state index contributed by atoms with van der Waals surface area (Å²) in [5, 5.41) is 3.39. The van der Waals surface area contributed by atoms with Crippen molar-refractivity contribution in [2.75, 3.05) is 13.1 Å². The summed E-state index contributed by atoms with van der Waals surface area (Å²) >= 11 is 0. The Kier molecular flexibility index (Phi) is 5.08. The molecule has 1 saturated heterocycles. The molecule has 1 aromatic carbocycles. The fraction of sp³-hybridized carbons (Fsp3) is 0.562. The Labute approximate surface area is 114 Å². The first kappa shape index (κ1) is 14.2. The van der Waals surface area contributed by atoms with Crippen molar-refractivity contribution in [2.45, 2.75) is 32.6 Å². The molecule has 0 bridgehead atoms. The summed E-state index contributed by atoms with van der Waals surface area (Å²) in [7, 11) is 0. The van der Waals surface area contributed by atoms with Crippen LogP contribution in [0.25, 0.3) is 0 Å². The second kappa shape index (κ2) is 6.80. The molecule has 0 aliphatic carbocycles. The molecule has 1 N–H and O–H groups in total. The molecule has 1 aromatic rings. The van der Waals surface area contributed by atoms with Crippen molar-refractivity contribution < 1.29 is 9.18 Å². The molecule has 2 unspecified atom stereocenters. The second-order valence-corrected chi connectivity index (χ2v) is 5.63. The SMILES string of the molecule is CC(CC(=O)Cc1cccc(F)c1)C1CCCNC1. The van der Waals surface area contributed by atoms with E-state index in [9.17, 15) is 9.18 Å². The molecule has 1 aliphatic heterocycles. The van der Waals surface area contributed by atoms with Crippen LogP contribution in [0.3, 0.4) is 0 Å². The van der Waals surface area contributed by atoms with Gasteiger partial charge in [0.25, 0.3) is 0 Å². The Hall–Kier alpha value is -1.22. The van der Waals surface area contributed by atoms with Gasteiger partial charge in [-0.1, -0.05) is 19.1 Å². The third-order valence-corrected chi connectivity index (χ3v) is 3.98. The molecule has 2 atom stereocenters. The fourth-order valence-electron chi connectivity index (χ4n) is 2.84. The van der Waals surface area contributed by atoms with Gasteiger partial charge in [-0.15, -0.1) is 0 Å². The molecule has 0 aromatic heterocycles. The maximum Gasteiger partial charge on any atom is 0.137 e. The highest BCUT2D eigenvalue weighted by Crippen LogP contribution is 2.23. The number of ketones is 1. The molecule has 1 aliphatic rings. The van der Waals surface area contributed by atoms with Gasteiger partial charge in [-0.25, -0.2) is 4.39 Å². The summed E-state index contributed by atoms with van der Waals surface area (Å²) in [6, 6.07) is 6.33. The first-order valence-electron chi connectivity index (χ1n) is 7.12. The van der Waals surface area contributed by atoms with E-state index in [1.165, 1.54) is 25.0 Å². The van der Waals surface area contributed by atoms with Crippen LogP contribution in [-0.2, 0) is 11.2 Å². The van der Waals surface area contributed by atoms with Crippen LogP contribution in [0.4, 0.5) is 4.39 Å².